The Morgan fingerprint density at radius 1 is 0.647 bits per heavy atom. The average Bonchev–Trinajstić information content (AvgIpc) is 1.94. The lowest BCUT2D eigenvalue weighted by Gasteiger charge is -2.28. The van der Waals surface area contributed by atoms with Crippen molar-refractivity contribution in [2.24, 2.45) is 0 Å². The maximum absolute atomic E-state index is 12.5. The van der Waals surface area contributed by atoms with Gasteiger partial charge >= 0.3 is 24.2 Å². The van der Waals surface area contributed by atoms with Crippen molar-refractivity contribution in [3.63, 3.8) is 0 Å². The van der Waals surface area contributed by atoms with Gasteiger partial charge in [-0.05, 0) is 0 Å². The van der Waals surface area contributed by atoms with E-state index in [1.54, 1.807) is 0 Å². The van der Waals surface area contributed by atoms with E-state index in [0.717, 1.165) is 0 Å². The predicted molar refractivity (Wildman–Crippen MR) is 31.2 cm³/mol. The molecule has 0 aromatic rings. The van der Waals surface area contributed by atoms with Crippen molar-refractivity contribution < 1.29 is 48.3 Å². The number of allylic oxidation sites excluding steroid dienone is 2. The lowest BCUT2D eigenvalue weighted by molar-refractivity contribution is -0.331. The van der Waals surface area contributed by atoms with Gasteiger partial charge in [-0.2, -0.15) is 39.5 Å². The molecule has 11 heteroatoms. The maximum Gasteiger partial charge on any atom is 0.438 e. The smallest absolute Gasteiger partial charge is 0.215 e. The van der Waals surface area contributed by atoms with Gasteiger partial charge in [-0.3, -0.25) is 0 Å². The SMILES string of the molecule is FC(=CC(F)(F)F)C(F)(C(F)(F)F)C(F)(F)F. The fourth-order valence-electron chi connectivity index (χ4n) is 0.675. The molecule has 0 unspecified atom stereocenters. The summed E-state index contributed by atoms with van der Waals surface area (Å²) in [5.74, 6) is -4.02. The highest BCUT2D eigenvalue weighted by atomic mass is 19.4. The molecule has 0 atom stereocenters. The number of hydrogen-bond donors (Lipinski definition) is 0. The first-order chi connectivity index (χ1) is 7.13. The molecule has 0 aliphatic rings. The first kappa shape index (κ1) is 16.0. The van der Waals surface area contributed by atoms with Crippen LogP contribution in [-0.4, -0.2) is 24.2 Å². The summed E-state index contributed by atoms with van der Waals surface area (Å²) in [6.45, 7) is 0. The van der Waals surface area contributed by atoms with E-state index in [-0.39, 0.29) is 0 Å². The van der Waals surface area contributed by atoms with Gasteiger partial charge in [-0.1, -0.05) is 0 Å². The molecule has 102 valence electrons. The molecule has 0 aromatic carbocycles. The number of rotatable bonds is 1. The zero-order valence-corrected chi connectivity index (χ0v) is 7.23. The van der Waals surface area contributed by atoms with Gasteiger partial charge < -0.3 is 0 Å². The Kier molecular flexibility index (Phi) is 3.77. The molecule has 0 aliphatic carbocycles. The first-order valence-electron chi connectivity index (χ1n) is 3.41. The van der Waals surface area contributed by atoms with Crippen molar-refractivity contribution in [1.82, 2.24) is 0 Å². The third kappa shape index (κ3) is 3.22. The number of halogens is 11. The first-order valence-corrected chi connectivity index (χ1v) is 3.41. The highest BCUT2D eigenvalue weighted by Crippen LogP contribution is 2.51. The van der Waals surface area contributed by atoms with Gasteiger partial charge in [-0.15, -0.1) is 0 Å². The molecule has 0 nitrogen and oxygen atoms in total. The van der Waals surface area contributed by atoms with Crippen molar-refractivity contribution >= 4 is 0 Å². The van der Waals surface area contributed by atoms with Crippen LogP contribution in [0.4, 0.5) is 48.3 Å². The third-order valence-corrected chi connectivity index (χ3v) is 1.40. The molecule has 0 rings (SSSR count). The van der Waals surface area contributed by atoms with Gasteiger partial charge in [0.15, 0.2) is 5.83 Å². The van der Waals surface area contributed by atoms with Crippen molar-refractivity contribution in [2.75, 3.05) is 0 Å². The average molecular weight is 282 g/mol. The molecule has 0 bridgehead atoms. The molecule has 17 heavy (non-hydrogen) atoms. The van der Waals surface area contributed by atoms with E-state index < -0.39 is 36.1 Å². The summed E-state index contributed by atoms with van der Waals surface area (Å²) in [6, 6.07) is 0. The molecular formula is C6HF11. The molecule has 0 saturated heterocycles. The van der Waals surface area contributed by atoms with Gasteiger partial charge in [0, 0.05) is 0 Å². The number of alkyl halides is 10. The molecule has 0 heterocycles. The highest BCUT2D eigenvalue weighted by molar-refractivity contribution is 5.19. The van der Waals surface area contributed by atoms with Crippen LogP contribution in [0, 0.1) is 0 Å². The van der Waals surface area contributed by atoms with Crippen LogP contribution < -0.4 is 0 Å². The molecule has 0 fully saturated rings. The fraction of sp³-hybridized carbons (Fsp3) is 0.667. The largest absolute Gasteiger partial charge is 0.438 e. The molecule has 0 saturated carbocycles. The minimum Gasteiger partial charge on any atom is -0.215 e. The lowest BCUT2D eigenvalue weighted by atomic mass is 10.0. The van der Waals surface area contributed by atoms with E-state index in [1.807, 2.05) is 0 Å². The maximum atomic E-state index is 12.5. The van der Waals surface area contributed by atoms with Crippen LogP contribution in [-0.2, 0) is 0 Å². The summed E-state index contributed by atoms with van der Waals surface area (Å²) in [6.07, 6.45) is -21.7. The molecule has 0 radical (unpaired) electrons. The highest BCUT2D eigenvalue weighted by Gasteiger charge is 2.76. The van der Waals surface area contributed by atoms with E-state index in [2.05, 4.69) is 0 Å². The van der Waals surface area contributed by atoms with Gasteiger partial charge in [0.1, 0.15) is 0 Å². The van der Waals surface area contributed by atoms with Crippen molar-refractivity contribution in [3.05, 3.63) is 11.9 Å². The molecule has 0 N–H and O–H groups in total. The molecule has 0 aromatic heterocycles. The van der Waals surface area contributed by atoms with Gasteiger partial charge in [0.05, 0.1) is 6.08 Å². The standard InChI is InChI=1S/C6HF11/c7-2(1-3(8,9)10)4(11,5(12,13)14)6(15,16)17/h1H. The summed E-state index contributed by atoms with van der Waals surface area (Å²) in [5.41, 5.74) is -6.68. The fourth-order valence-corrected chi connectivity index (χ4v) is 0.675. The molecular weight excluding hydrogens is 281 g/mol. The van der Waals surface area contributed by atoms with Crippen LogP contribution >= 0.6 is 0 Å². The van der Waals surface area contributed by atoms with Crippen LogP contribution in [0.5, 0.6) is 0 Å². The van der Waals surface area contributed by atoms with Crippen LogP contribution in [0.1, 0.15) is 0 Å². The van der Waals surface area contributed by atoms with E-state index >= 15 is 0 Å². The molecule has 0 spiro atoms. The summed E-state index contributed by atoms with van der Waals surface area (Å²) < 4.78 is 129. The van der Waals surface area contributed by atoms with Crippen LogP contribution in [0.15, 0.2) is 11.9 Å². The second-order valence-corrected chi connectivity index (χ2v) is 2.69. The van der Waals surface area contributed by atoms with E-state index in [1.165, 1.54) is 0 Å². The minimum atomic E-state index is -6.91. The van der Waals surface area contributed by atoms with Crippen LogP contribution in [0.2, 0.25) is 0 Å². The van der Waals surface area contributed by atoms with Crippen molar-refractivity contribution in [2.45, 2.75) is 24.2 Å². The van der Waals surface area contributed by atoms with E-state index in [9.17, 15) is 48.3 Å². The Bertz CT molecular complexity index is 285. The van der Waals surface area contributed by atoms with Gasteiger partial charge in [0.25, 0.3) is 0 Å². The summed E-state index contributed by atoms with van der Waals surface area (Å²) in [5, 5.41) is 0. The van der Waals surface area contributed by atoms with E-state index in [4.69, 9.17) is 0 Å². The third-order valence-electron chi connectivity index (χ3n) is 1.40. The van der Waals surface area contributed by atoms with Crippen molar-refractivity contribution in [1.29, 1.82) is 0 Å². The number of hydrogen-bond acceptors (Lipinski definition) is 0. The topological polar surface area (TPSA) is 0 Å². The second kappa shape index (κ2) is 4.02. The van der Waals surface area contributed by atoms with Crippen LogP contribution in [0.3, 0.4) is 0 Å². The normalized spacial score (nSPS) is 16.3. The van der Waals surface area contributed by atoms with Gasteiger partial charge in [-0.25, -0.2) is 8.78 Å². The lowest BCUT2D eigenvalue weighted by Crippen LogP contribution is -2.54. The monoisotopic (exact) mass is 282 g/mol. The second-order valence-electron chi connectivity index (χ2n) is 2.69. The molecule has 0 aliphatic heterocycles. The quantitative estimate of drug-likeness (QED) is 0.631. The van der Waals surface area contributed by atoms with E-state index in [0.29, 0.717) is 0 Å². The predicted octanol–water partition coefficient (Wildman–Crippen LogP) is 4.24. The zero-order valence-electron chi connectivity index (χ0n) is 7.23. The Labute approximate surface area is 85.7 Å². The Hall–Kier alpha value is -1.03. The zero-order chi connectivity index (χ0) is 14.3. The Balaban J connectivity index is 5.78. The Morgan fingerprint density at radius 2 is 0.941 bits per heavy atom. The summed E-state index contributed by atoms with van der Waals surface area (Å²) in [4.78, 5) is 0. The Morgan fingerprint density at radius 3 is 1.12 bits per heavy atom. The van der Waals surface area contributed by atoms with Crippen LogP contribution in [0.25, 0.3) is 0 Å². The van der Waals surface area contributed by atoms with Gasteiger partial charge in [0.2, 0.25) is 0 Å². The summed E-state index contributed by atoms with van der Waals surface area (Å²) in [7, 11) is 0. The minimum absolute atomic E-state index is 2.03. The molecule has 0 amide bonds. The van der Waals surface area contributed by atoms with Crippen molar-refractivity contribution in [3.8, 4) is 0 Å². The summed E-state index contributed by atoms with van der Waals surface area (Å²) >= 11 is 0.